The Balaban J connectivity index is 2.49. The number of hydrogen-bond acceptors (Lipinski definition) is 2. The van der Waals surface area contributed by atoms with Gasteiger partial charge in [0.25, 0.3) is 0 Å². The van der Waals surface area contributed by atoms with E-state index in [0.29, 0.717) is 5.92 Å². The SMILES string of the molecule is CC(C)c1cccc2c1NCN2. The lowest BCUT2D eigenvalue weighted by Gasteiger charge is -2.10. The van der Waals surface area contributed by atoms with E-state index in [1.807, 2.05) is 0 Å². The quantitative estimate of drug-likeness (QED) is 0.663. The van der Waals surface area contributed by atoms with Crippen molar-refractivity contribution in [3.05, 3.63) is 23.8 Å². The van der Waals surface area contributed by atoms with E-state index in [9.17, 15) is 0 Å². The van der Waals surface area contributed by atoms with Gasteiger partial charge in [0, 0.05) is 0 Å². The van der Waals surface area contributed by atoms with Gasteiger partial charge in [0.15, 0.2) is 0 Å². The van der Waals surface area contributed by atoms with Gasteiger partial charge >= 0.3 is 0 Å². The summed E-state index contributed by atoms with van der Waals surface area (Å²) in [6.07, 6.45) is 0. The summed E-state index contributed by atoms with van der Waals surface area (Å²) >= 11 is 0. The zero-order valence-electron chi connectivity index (χ0n) is 7.52. The molecule has 0 amide bonds. The van der Waals surface area contributed by atoms with Crippen LogP contribution in [-0.4, -0.2) is 6.67 Å². The molecule has 1 aliphatic heterocycles. The van der Waals surface area contributed by atoms with E-state index >= 15 is 0 Å². The summed E-state index contributed by atoms with van der Waals surface area (Å²) in [7, 11) is 0. The molecule has 1 aromatic rings. The molecule has 0 aliphatic carbocycles. The van der Waals surface area contributed by atoms with Gasteiger partial charge in [-0.1, -0.05) is 26.0 Å². The van der Waals surface area contributed by atoms with Crippen LogP contribution in [0.2, 0.25) is 0 Å². The number of para-hydroxylation sites is 1. The molecular formula is C10H14N2. The average molecular weight is 162 g/mol. The number of benzene rings is 1. The van der Waals surface area contributed by atoms with E-state index in [4.69, 9.17) is 0 Å². The summed E-state index contributed by atoms with van der Waals surface area (Å²) in [4.78, 5) is 0. The minimum absolute atomic E-state index is 0.590. The zero-order chi connectivity index (χ0) is 8.55. The molecule has 0 fully saturated rings. The molecule has 0 bridgehead atoms. The fourth-order valence-corrected chi connectivity index (χ4v) is 1.62. The second-order valence-electron chi connectivity index (χ2n) is 3.45. The molecule has 0 radical (unpaired) electrons. The topological polar surface area (TPSA) is 24.1 Å². The molecule has 1 aliphatic rings. The molecule has 0 saturated heterocycles. The molecule has 0 saturated carbocycles. The van der Waals surface area contributed by atoms with Crippen molar-refractivity contribution < 1.29 is 0 Å². The lowest BCUT2D eigenvalue weighted by atomic mass is 10.0. The summed E-state index contributed by atoms with van der Waals surface area (Å²) < 4.78 is 0. The van der Waals surface area contributed by atoms with Crippen LogP contribution in [0.5, 0.6) is 0 Å². The molecule has 0 aromatic heterocycles. The Labute approximate surface area is 73.0 Å². The fraction of sp³-hybridized carbons (Fsp3) is 0.400. The highest BCUT2D eigenvalue weighted by Crippen LogP contribution is 2.33. The van der Waals surface area contributed by atoms with Gasteiger partial charge in [-0.15, -0.1) is 0 Å². The predicted octanol–water partition coefficient (Wildman–Crippen LogP) is 2.60. The fourth-order valence-electron chi connectivity index (χ4n) is 1.62. The smallest absolute Gasteiger partial charge is 0.0850 e. The van der Waals surface area contributed by atoms with E-state index in [0.717, 1.165) is 6.67 Å². The first-order chi connectivity index (χ1) is 5.79. The van der Waals surface area contributed by atoms with Gasteiger partial charge in [-0.3, -0.25) is 0 Å². The van der Waals surface area contributed by atoms with Crippen LogP contribution in [0.4, 0.5) is 11.4 Å². The van der Waals surface area contributed by atoms with Gasteiger partial charge in [0.1, 0.15) is 0 Å². The van der Waals surface area contributed by atoms with Crippen LogP contribution >= 0.6 is 0 Å². The number of anilines is 2. The average Bonchev–Trinajstić information content (AvgIpc) is 2.49. The van der Waals surface area contributed by atoms with E-state index in [-0.39, 0.29) is 0 Å². The van der Waals surface area contributed by atoms with Gasteiger partial charge in [0.05, 0.1) is 18.0 Å². The Kier molecular flexibility index (Phi) is 1.68. The van der Waals surface area contributed by atoms with Crippen molar-refractivity contribution in [1.29, 1.82) is 0 Å². The zero-order valence-corrected chi connectivity index (χ0v) is 7.52. The Morgan fingerprint density at radius 3 is 2.83 bits per heavy atom. The number of rotatable bonds is 1. The first-order valence-corrected chi connectivity index (χ1v) is 4.39. The van der Waals surface area contributed by atoms with Crippen LogP contribution in [0, 0.1) is 0 Å². The summed E-state index contributed by atoms with van der Waals surface area (Å²) in [5, 5.41) is 6.62. The lowest BCUT2D eigenvalue weighted by Crippen LogP contribution is -2.00. The number of nitrogens with one attached hydrogen (secondary N) is 2. The molecule has 2 rings (SSSR count). The Morgan fingerprint density at radius 2 is 2.08 bits per heavy atom. The third-order valence-corrected chi connectivity index (χ3v) is 2.26. The summed E-state index contributed by atoms with van der Waals surface area (Å²) in [5.74, 6) is 0.590. The highest BCUT2D eigenvalue weighted by molar-refractivity contribution is 5.76. The second-order valence-corrected chi connectivity index (χ2v) is 3.45. The number of fused-ring (bicyclic) bond motifs is 1. The monoisotopic (exact) mass is 162 g/mol. The van der Waals surface area contributed by atoms with Crippen molar-refractivity contribution >= 4 is 11.4 Å². The molecule has 2 nitrogen and oxygen atoms in total. The Hall–Kier alpha value is -1.18. The van der Waals surface area contributed by atoms with Crippen LogP contribution < -0.4 is 10.6 Å². The standard InChI is InChI=1S/C10H14N2/c1-7(2)8-4-3-5-9-10(8)12-6-11-9/h3-5,7,11-12H,6H2,1-2H3. The molecule has 0 unspecified atom stereocenters. The molecule has 1 aromatic carbocycles. The van der Waals surface area contributed by atoms with E-state index in [1.54, 1.807) is 0 Å². The van der Waals surface area contributed by atoms with Gasteiger partial charge in [0.2, 0.25) is 0 Å². The normalized spacial score (nSPS) is 13.9. The van der Waals surface area contributed by atoms with E-state index in [2.05, 4.69) is 42.7 Å². The first kappa shape index (κ1) is 7.47. The molecule has 1 heterocycles. The van der Waals surface area contributed by atoms with Crippen molar-refractivity contribution in [1.82, 2.24) is 0 Å². The maximum Gasteiger partial charge on any atom is 0.0850 e. The summed E-state index contributed by atoms with van der Waals surface area (Å²) in [6, 6.07) is 6.40. The number of hydrogen-bond donors (Lipinski definition) is 2. The van der Waals surface area contributed by atoms with Gasteiger partial charge in [-0.2, -0.15) is 0 Å². The highest BCUT2D eigenvalue weighted by atomic mass is 15.1. The molecule has 0 atom stereocenters. The van der Waals surface area contributed by atoms with Crippen LogP contribution in [-0.2, 0) is 0 Å². The summed E-state index contributed by atoms with van der Waals surface area (Å²) in [6.45, 7) is 5.30. The van der Waals surface area contributed by atoms with Crippen molar-refractivity contribution in [2.24, 2.45) is 0 Å². The maximum atomic E-state index is 3.34. The van der Waals surface area contributed by atoms with E-state index in [1.165, 1.54) is 16.9 Å². The minimum atomic E-state index is 0.590. The van der Waals surface area contributed by atoms with Crippen molar-refractivity contribution in [3.63, 3.8) is 0 Å². The van der Waals surface area contributed by atoms with Crippen molar-refractivity contribution in [2.45, 2.75) is 19.8 Å². The largest absolute Gasteiger partial charge is 0.366 e. The van der Waals surface area contributed by atoms with Gasteiger partial charge in [-0.25, -0.2) is 0 Å². The van der Waals surface area contributed by atoms with Crippen molar-refractivity contribution in [2.75, 3.05) is 17.3 Å². The van der Waals surface area contributed by atoms with Crippen LogP contribution in [0.15, 0.2) is 18.2 Å². The first-order valence-electron chi connectivity index (χ1n) is 4.39. The second kappa shape index (κ2) is 2.70. The molecule has 0 spiro atoms. The predicted molar refractivity (Wildman–Crippen MR) is 52.6 cm³/mol. The van der Waals surface area contributed by atoms with Crippen LogP contribution in [0.1, 0.15) is 25.3 Å². The Bertz CT molecular complexity index is 292. The molecule has 2 heteroatoms. The molecular weight excluding hydrogens is 148 g/mol. The molecule has 64 valence electrons. The third-order valence-electron chi connectivity index (χ3n) is 2.26. The minimum Gasteiger partial charge on any atom is -0.366 e. The maximum absolute atomic E-state index is 3.34. The van der Waals surface area contributed by atoms with Gasteiger partial charge < -0.3 is 10.6 Å². The lowest BCUT2D eigenvalue weighted by molar-refractivity contribution is 0.870. The third kappa shape index (κ3) is 1.04. The van der Waals surface area contributed by atoms with Crippen molar-refractivity contribution in [3.8, 4) is 0 Å². The van der Waals surface area contributed by atoms with E-state index < -0.39 is 0 Å². The van der Waals surface area contributed by atoms with Crippen LogP contribution in [0.25, 0.3) is 0 Å². The summed E-state index contributed by atoms with van der Waals surface area (Å²) in [5.41, 5.74) is 3.92. The highest BCUT2D eigenvalue weighted by Gasteiger charge is 2.14. The van der Waals surface area contributed by atoms with Gasteiger partial charge in [-0.05, 0) is 17.5 Å². The Morgan fingerprint density at radius 1 is 1.25 bits per heavy atom. The van der Waals surface area contributed by atoms with Crippen LogP contribution in [0.3, 0.4) is 0 Å². The molecule has 12 heavy (non-hydrogen) atoms. The molecule has 2 N–H and O–H groups in total.